The van der Waals surface area contributed by atoms with Gasteiger partial charge in [-0.2, -0.15) is 0 Å². The van der Waals surface area contributed by atoms with Crippen molar-refractivity contribution in [3.8, 4) is 11.8 Å². The molecule has 1 aliphatic carbocycles. The number of carbonyl (C=O) groups excluding carboxylic acids is 1. The molecule has 0 aromatic carbocycles. The van der Waals surface area contributed by atoms with E-state index in [1.165, 1.54) is 0 Å². The predicted octanol–water partition coefficient (Wildman–Crippen LogP) is 4.67. The average Bonchev–Trinajstić information content (AvgIpc) is 2.93. The molecule has 25 heavy (non-hydrogen) atoms. The van der Waals surface area contributed by atoms with E-state index in [0.717, 1.165) is 23.1 Å². The largest absolute Gasteiger partial charge is 0.321 e. The van der Waals surface area contributed by atoms with Crippen LogP contribution >= 0.6 is 11.6 Å². The zero-order valence-corrected chi connectivity index (χ0v) is 15.7. The van der Waals surface area contributed by atoms with E-state index in [2.05, 4.69) is 22.9 Å². The first-order valence-corrected chi connectivity index (χ1v) is 8.73. The highest BCUT2D eigenvalue weighted by molar-refractivity contribution is 6.32. The molecule has 0 aromatic heterocycles. The van der Waals surface area contributed by atoms with Crippen LogP contribution in [-0.2, 0) is 0 Å². The first-order valence-electron chi connectivity index (χ1n) is 8.35. The molecule has 1 unspecified atom stereocenters. The van der Waals surface area contributed by atoms with Crippen molar-refractivity contribution in [1.82, 2.24) is 10.2 Å². The molecule has 1 N–H and O–H groups in total. The molecule has 1 atom stereocenters. The van der Waals surface area contributed by atoms with Gasteiger partial charge in [0.05, 0.1) is 11.6 Å². The van der Waals surface area contributed by atoms with Gasteiger partial charge < -0.3 is 10.2 Å². The topological polar surface area (TPSA) is 32.3 Å². The first-order chi connectivity index (χ1) is 12.0. The summed E-state index contributed by atoms with van der Waals surface area (Å²) in [6.45, 7) is 7.04. The minimum Gasteiger partial charge on any atom is -0.319 e. The van der Waals surface area contributed by atoms with Crippen molar-refractivity contribution < 1.29 is 4.79 Å². The summed E-state index contributed by atoms with van der Waals surface area (Å²) in [4.78, 5) is 14.2. The van der Waals surface area contributed by atoms with Gasteiger partial charge in [-0.15, -0.1) is 5.73 Å². The van der Waals surface area contributed by atoms with E-state index < -0.39 is 0 Å². The Balaban J connectivity index is 1.88. The van der Waals surface area contributed by atoms with E-state index in [1.54, 1.807) is 11.1 Å². The van der Waals surface area contributed by atoms with Gasteiger partial charge in [0.25, 0.3) is 0 Å². The van der Waals surface area contributed by atoms with Crippen LogP contribution < -0.4 is 5.32 Å². The Morgan fingerprint density at radius 1 is 1.36 bits per heavy atom. The van der Waals surface area contributed by atoms with Crippen LogP contribution in [0.1, 0.15) is 27.2 Å². The van der Waals surface area contributed by atoms with Gasteiger partial charge in [-0.3, -0.25) is 0 Å². The summed E-state index contributed by atoms with van der Waals surface area (Å²) in [6, 6.07) is -0.114. The highest BCUT2D eigenvalue weighted by Gasteiger charge is 2.16. The second-order valence-electron chi connectivity index (χ2n) is 6.25. The van der Waals surface area contributed by atoms with Gasteiger partial charge in [0.2, 0.25) is 0 Å². The van der Waals surface area contributed by atoms with Crippen LogP contribution in [0.5, 0.6) is 0 Å². The number of nitrogens with zero attached hydrogens (tertiary/aromatic N) is 1. The summed E-state index contributed by atoms with van der Waals surface area (Å²) >= 11 is 6.00. The molecule has 1 aliphatic heterocycles. The number of halogens is 1. The molecule has 1 heterocycles. The molecule has 0 saturated heterocycles. The van der Waals surface area contributed by atoms with E-state index in [9.17, 15) is 4.79 Å². The number of allylic oxidation sites excluding steroid dienone is 6. The van der Waals surface area contributed by atoms with Crippen LogP contribution in [0, 0.1) is 17.8 Å². The van der Waals surface area contributed by atoms with Gasteiger partial charge in [0.15, 0.2) is 0 Å². The van der Waals surface area contributed by atoms with Gasteiger partial charge in [0.1, 0.15) is 0 Å². The molecule has 0 aromatic rings. The summed E-state index contributed by atoms with van der Waals surface area (Å²) in [5.74, 6) is 5.95. The fraction of sp³-hybridized carbons (Fsp3) is 0.333. The summed E-state index contributed by atoms with van der Waals surface area (Å²) in [5, 5.41) is 3.39. The number of hydrogen-bond donors (Lipinski definition) is 1. The molecule has 2 bridgehead atoms. The van der Waals surface area contributed by atoms with E-state index in [0.29, 0.717) is 18.1 Å². The van der Waals surface area contributed by atoms with Crippen LogP contribution in [-0.4, -0.2) is 24.0 Å². The molecule has 0 spiro atoms. The van der Waals surface area contributed by atoms with Crippen molar-refractivity contribution in [2.45, 2.75) is 27.2 Å². The molecule has 2 aliphatic rings. The molecule has 2 rings (SSSR count). The molecule has 3 nitrogen and oxygen atoms in total. The second kappa shape index (κ2) is 9.18. The van der Waals surface area contributed by atoms with E-state index in [1.807, 2.05) is 51.2 Å². The highest BCUT2D eigenvalue weighted by Crippen LogP contribution is 2.15. The summed E-state index contributed by atoms with van der Waals surface area (Å²) in [7, 11) is 0. The van der Waals surface area contributed by atoms with Gasteiger partial charge in [-0.05, 0) is 44.4 Å². The van der Waals surface area contributed by atoms with Crippen LogP contribution in [0.15, 0.2) is 64.1 Å². The van der Waals surface area contributed by atoms with Crippen molar-refractivity contribution >= 4 is 17.6 Å². The third-order valence-corrected chi connectivity index (χ3v) is 4.24. The number of hydrogen-bond acceptors (Lipinski definition) is 1. The molecular weight excluding hydrogens is 332 g/mol. The maximum atomic E-state index is 12.4. The average molecular weight is 355 g/mol. The van der Waals surface area contributed by atoms with Crippen molar-refractivity contribution in [2.75, 3.05) is 13.1 Å². The maximum absolute atomic E-state index is 12.4. The van der Waals surface area contributed by atoms with Gasteiger partial charge in [-0.25, -0.2) is 4.79 Å². The van der Waals surface area contributed by atoms with Gasteiger partial charge >= 0.3 is 6.03 Å². The van der Waals surface area contributed by atoms with E-state index >= 15 is 0 Å². The molecule has 2 amide bonds. The van der Waals surface area contributed by atoms with Crippen LogP contribution in [0.4, 0.5) is 4.79 Å². The molecular formula is C21H23ClN2O. The second-order valence-corrected chi connectivity index (χ2v) is 6.62. The van der Waals surface area contributed by atoms with E-state index in [-0.39, 0.29) is 11.9 Å². The Morgan fingerprint density at radius 3 is 2.80 bits per heavy atom. The summed E-state index contributed by atoms with van der Waals surface area (Å²) in [6.07, 6.45) is 12.3. The smallest absolute Gasteiger partial charge is 0.319 e. The zero-order valence-electron chi connectivity index (χ0n) is 14.9. The van der Waals surface area contributed by atoms with Gasteiger partial charge in [-0.1, -0.05) is 47.7 Å². The maximum Gasteiger partial charge on any atom is 0.321 e. The van der Waals surface area contributed by atoms with Crippen LogP contribution in [0.2, 0.25) is 0 Å². The third-order valence-electron chi connectivity index (χ3n) is 3.77. The Morgan fingerprint density at radius 2 is 2.08 bits per heavy atom. The lowest BCUT2D eigenvalue weighted by atomic mass is 10.2. The minimum absolute atomic E-state index is 0.0000683. The fourth-order valence-corrected chi connectivity index (χ4v) is 2.34. The van der Waals surface area contributed by atoms with Crippen LogP contribution in [0.25, 0.3) is 0 Å². The Bertz CT molecular complexity index is 776. The van der Waals surface area contributed by atoms with Crippen molar-refractivity contribution in [2.24, 2.45) is 5.92 Å². The lowest BCUT2D eigenvalue weighted by Gasteiger charge is -2.21. The van der Waals surface area contributed by atoms with Crippen molar-refractivity contribution in [3.05, 3.63) is 64.1 Å². The van der Waals surface area contributed by atoms with Crippen LogP contribution in [0.3, 0.4) is 0 Å². The standard InChI is InChI=1S/C21H23ClN2O/c1-16(2)20(22)9-8-17(3)10-12-23-21(25)24-13-11-18-6-4-5-7-19(14-18)15-24/h4-7,10,12,17H,11,13,15H2,1-3H3,(H,23,25)/b12-10+. The highest BCUT2D eigenvalue weighted by atomic mass is 35.5. The summed E-state index contributed by atoms with van der Waals surface area (Å²) in [5.41, 5.74) is 6.50. The number of rotatable bonds is 2. The molecule has 4 heteroatoms. The number of carbonyl (C=O) groups is 1. The minimum atomic E-state index is -0.114. The van der Waals surface area contributed by atoms with Crippen molar-refractivity contribution in [3.63, 3.8) is 0 Å². The third kappa shape index (κ3) is 6.19. The Labute approximate surface area is 155 Å². The quantitative estimate of drug-likeness (QED) is 0.567. The molecule has 130 valence electrons. The molecule has 0 saturated carbocycles. The predicted molar refractivity (Wildman–Crippen MR) is 104 cm³/mol. The van der Waals surface area contributed by atoms with E-state index in [4.69, 9.17) is 11.6 Å². The number of urea groups is 1. The lowest BCUT2D eigenvalue weighted by molar-refractivity contribution is 0.207. The zero-order chi connectivity index (χ0) is 18.2. The van der Waals surface area contributed by atoms with Crippen molar-refractivity contribution in [1.29, 1.82) is 0 Å². The number of amides is 2. The lowest BCUT2D eigenvalue weighted by Crippen LogP contribution is -2.39. The van der Waals surface area contributed by atoms with Gasteiger partial charge in [0, 0.05) is 24.2 Å². The summed E-state index contributed by atoms with van der Waals surface area (Å²) < 4.78 is 0. The monoisotopic (exact) mass is 354 g/mol. The number of nitrogens with one attached hydrogen (secondary N) is 1. The normalized spacial score (nSPS) is 16.9. The fourth-order valence-electron chi connectivity index (χ4n) is 2.29. The Hall–Kier alpha value is -2.40. The molecule has 0 radical (unpaired) electrons. The Kier molecular flexibility index (Phi) is 6.95. The first kappa shape index (κ1) is 18.9. The molecule has 0 fully saturated rings. The SMILES string of the molecule is CC(C)=C(Cl)C#CC(C)/C=C/NC(=O)N1CCC2=C=C(C=CC=C2)C1.